The maximum absolute atomic E-state index is 12.2. The summed E-state index contributed by atoms with van der Waals surface area (Å²) >= 11 is 3.35. The summed E-state index contributed by atoms with van der Waals surface area (Å²) in [5.41, 5.74) is -1.66. The van der Waals surface area contributed by atoms with Crippen LogP contribution in [0.2, 0.25) is 0 Å². The molecule has 19 heavy (non-hydrogen) atoms. The maximum Gasteiger partial charge on any atom is 0.315 e. The molecule has 1 rings (SSSR count). The zero-order valence-electron chi connectivity index (χ0n) is 12.0. The first-order chi connectivity index (χ1) is 8.59. The van der Waals surface area contributed by atoms with E-state index in [-0.39, 0.29) is 6.10 Å². The number of esters is 1. The quantitative estimate of drug-likeness (QED) is 0.858. The second-order valence-electron chi connectivity index (χ2n) is 5.66. The molecular formula is C15H21BrO3. The first-order valence-corrected chi connectivity index (χ1v) is 7.08. The Morgan fingerprint density at radius 3 is 2.11 bits per heavy atom. The summed E-state index contributed by atoms with van der Waals surface area (Å²) in [6.07, 6.45) is -0.201. The van der Waals surface area contributed by atoms with Crippen molar-refractivity contribution in [1.82, 2.24) is 0 Å². The van der Waals surface area contributed by atoms with Crippen molar-refractivity contribution in [3.05, 3.63) is 34.3 Å². The Labute approximate surface area is 123 Å². The monoisotopic (exact) mass is 328 g/mol. The van der Waals surface area contributed by atoms with Crippen molar-refractivity contribution >= 4 is 21.9 Å². The fraction of sp³-hybridized carbons (Fsp3) is 0.533. The van der Waals surface area contributed by atoms with E-state index in [9.17, 15) is 9.90 Å². The fourth-order valence-electron chi connectivity index (χ4n) is 1.70. The van der Waals surface area contributed by atoms with E-state index in [4.69, 9.17) is 4.74 Å². The van der Waals surface area contributed by atoms with Crippen LogP contribution in [0.5, 0.6) is 0 Å². The van der Waals surface area contributed by atoms with Gasteiger partial charge in [0.2, 0.25) is 0 Å². The lowest BCUT2D eigenvalue weighted by Crippen LogP contribution is -2.46. The molecule has 0 aliphatic carbocycles. The molecule has 0 aromatic heterocycles. The van der Waals surface area contributed by atoms with Crippen molar-refractivity contribution < 1.29 is 14.6 Å². The van der Waals surface area contributed by atoms with Gasteiger partial charge in [-0.3, -0.25) is 4.79 Å². The Balaban J connectivity index is 3.09. The van der Waals surface area contributed by atoms with Crippen LogP contribution in [0.3, 0.4) is 0 Å². The normalized spacial score (nSPS) is 15.2. The summed E-state index contributed by atoms with van der Waals surface area (Å²) in [5.74, 6) is -0.407. The van der Waals surface area contributed by atoms with E-state index in [2.05, 4.69) is 15.9 Å². The Bertz CT molecular complexity index is 447. The molecule has 1 N–H and O–H groups in total. The topological polar surface area (TPSA) is 46.5 Å². The molecule has 106 valence electrons. The molecule has 0 aliphatic heterocycles. The number of halogens is 1. The van der Waals surface area contributed by atoms with Crippen molar-refractivity contribution in [3.63, 3.8) is 0 Å². The number of ether oxygens (including phenoxy) is 1. The van der Waals surface area contributed by atoms with Crippen LogP contribution >= 0.6 is 15.9 Å². The van der Waals surface area contributed by atoms with Gasteiger partial charge in [-0.25, -0.2) is 0 Å². The van der Waals surface area contributed by atoms with Crippen LogP contribution in [0.4, 0.5) is 0 Å². The lowest BCUT2D eigenvalue weighted by molar-refractivity contribution is -0.174. The van der Waals surface area contributed by atoms with Gasteiger partial charge in [-0.15, -0.1) is 0 Å². The standard InChI is InChI=1S/C15H21BrO3/c1-10(2)19-13(17)14(3,4)15(5,18)11-6-8-12(16)9-7-11/h6-10,18H,1-5H3. The fourth-order valence-corrected chi connectivity index (χ4v) is 1.96. The van der Waals surface area contributed by atoms with E-state index >= 15 is 0 Å². The highest BCUT2D eigenvalue weighted by molar-refractivity contribution is 9.10. The maximum atomic E-state index is 12.2. The molecule has 1 unspecified atom stereocenters. The van der Waals surface area contributed by atoms with E-state index < -0.39 is 17.0 Å². The molecule has 1 aromatic carbocycles. The van der Waals surface area contributed by atoms with Gasteiger partial charge in [0.25, 0.3) is 0 Å². The van der Waals surface area contributed by atoms with Gasteiger partial charge in [0.1, 0.15) is 5.60 Å². The molecule has 0 spiro atoms. The van der Waals surface area contributed by atoms with Crippen molar-refractivity contribution in [2.45, 2.75) is 46.3 Å². The summed E-state index contributed by atoms with van der Waals surface area (Å²) in [6, 6.07) is 7.28. The Hall–Kier alpha value is -0.870. The van der Waals surface area contributed by atoms with Crippen LogP contribution in [0.15, 0.2) is 28.7 Å². The molecule has 0 heterocycles. The van der Waals surface area contributed by atoms with Crippen molar-refractivity contribution in [2.75, 3.05) is 0 Å². The van der Waals surface area contributed by atoms with Crippen molar-refractivity contribution in [1.29, 1.82) is 0 Å². The summed E-state index contributed by atoms with van der Waals surface area (Å²) in [4.78, 5) is 12.2. The number of hydrogen-bond donors (Lipinski definition) is 1. The number of carbonyl (C=O) groups is 1. The predicted molar refractivity (Wildman–Crippen MR) is 78.7 cm³/mol. The van der Waals surface area contributed by atoms with Gasteiger partial charge in [0.05, 0.1) is 11.5 Å². The smallest absolute Gasteiger partial charge is 0.315 e. The zero-order chi connectivity index (χ0) is 14.8. The van der Waals surface area contributed by atoms with E-state index in [1.807, 2.05) is 12.1 Å². The van der Waals surface area contributed by atoms with Crippen LogP contribution in [-0.4, -0.2) is 17.2 Å². The van der Waals surface area contributed by atoms with Gasteiger partial charge in [-0.2, -0.15) is 0 Å². The molecule has 0 aliphatic rings. The highest BCUT2D eigenvalue weighted by Crippen LogP contribution is 2.40. The average Bonchev–Trinajstić information content (AvgIpc) is 2.28. The number of carbonyl (C=O) groups excluding carboxylic acids is 1. The number of aliphatic hydroxyl groups is 1. The Morgan fingerprint density at radius 2 is 1.68 bits per heavy atom. The summed E-state index contributed by atoms with van der Waals surface area (Å²) in [7, 11) is 0. The van der Waals surface area contributed by atoms with E-state index in [0.29, 0.717) is 5.56 Å². The molecule has 3 nitrogen and oxygen atoms in total. The predicted octanol–water partition coefficient (Wildman–Crippen LogP) is 3.63. The van der Waals surface area contributed by atoms with Crippen LogP contribution in [0.1, 0.15) is 40.2 Å². The third-order valence-electron chi connectivity index (χ3n) is 3.48. The first-order valence-electron chi connectivity index (χ1n) is 6.28. The lowest BCUT2D eigenvalue weighted by Gasteiger charge is -2.38. The van der Waals surface area contributed by atoms with Crippen LogP contribution in [0.25, 0.3) is 0 Å². The van der Waals surface area contributed by atoms with Crippen molar-refractivity contribution in [3.8, 4) is 0 Å². The third-order valence-corrected chi connectivity index (χ3v) is 4.01. The van der Waals surface area contributed by atoms with Gasteiger partial charge in [-0.1, -0.05) is 28.1 Å². The van der Waals surface area contributed by atoms with E-state index in [0.717, 1.165) is 4.47 Å². The lowest BCUT2D eigenvalue weighted by atomic mass is 9.72. The van der Waals surface area contributed by atoms with Gasteiger partial charge in [-0.05, 0) is 52.3 Å². The van der Waals surface area contributed by atoms with Gasteiger partial charge in [0.15, 0.2) is 0 Å². The molecule has 0 saturated carbocycles. The molecule has 1 atom stereocenters. The second kappa shape index (κ2) is 5.63. The SMILES string of the molecule is CC(C)OC(=O)C(C)(C)C(C)(O)c1ccc(Br)cc1. The molecular weight excluding hydrogens is 308 g/mol. The van der Waals surface area contributed by atoms with Crippen LogP contribution in [-0.2, 0) is 15.1 Å². The molecule has 1 aromatic rings. The van der Waals surface area contributed by atoms with E-state index in [1.165, 1.54) is 0 Å². The molecule has 0 bridgehead atoms. The minimum Gasteiger partial charge on any atom is -0.462 e. The minimum absolute atomic E-state index is 0.201. The van der Waals surface area contributed by atoms with Gasteiger partial charge >= 0.3 is 5.97 Å². The molecule has 0 saturated heterocycles. The zero-order valence-corrected chi connectivity index (χ0v) is 13.6. The summed E-state index contributed by atoms with van der Waals surface area (Å²) in [6.45, 7) is 8.61. The molecule has 0 radical (unpaired) electrons. The van der Waals surface area contributed by atoms with Crippen LogP contribution < -0.4 is 0 Å². The molecule has 0 fully saturated rings. The van der Waals surface area contributed by atoms with Crippen LogP contribution in [0, 0.1) is 5.41 Å². The van der Waals surface area contributed by atoms with Gasteiger partial charge < -0.3 is 9.84 Å². The van der Waals surface area contributed by atoms with E-state index in [1.54, 1.807) is 46.8 Å². The number of hydrogen-bond acceptors (Lipinski definition) is 3. The van der Waals surface area contributed by atoms with Crippen molar-refractivity contribution in [2.24, 2.45) is 5.41 Å². The Kier molecular flexibility index (Phi) is 4.80. The molecule has 4 heteroatoms. The first kappa shape index (κ1) is 16.2. The second-order valence-corrected chi connectivity index (χ2v) is 6.57. The average molecular weight is 329 g/mol. The summed E-state index contributed by atoms with van der Waals surface area (Å²) < 4.78 is 6.16. The number of rotatable bonds is 4. The highest BCUT2D eigenvalue weighted by atomic mass is 79.9. The third kappa shape index (κ3) is 3.37. The molecule has 0 amide bonds. The van der Waals surface area contributed by atoms with Gasteiger partial charge in [0, 0.05) is 4.47 Å². The Morgan fingerprint density at radius 1 is 1.21 bits per heavy atom. The summed E-state index contributed by atoms with van der Waals surface area (Å²) in [5, 5.41) is 10.8. The largest absolute Gasteiger partial charge is 0.462 e. The highest BCUT2D eigenvalue weighted by Gasteiger charge is 2.48. The number of benzene rings is 1. The minimum atomic E-state index is -1.31.